The van der Waals surface area contributed by atoms with E-state index in [2.05, 4.69) is 15.6 Å². The van der Waals surface area contributed by atoms with Crippen LogP contribution in [-0.2, 0) is 0 Å². The van der Waals surface area contributed by atoms with Crippen molar-refractivity contribution in [3.63, 3.8) is 0 Å². The number of benzene rings is 3. The average molecular weight is 448 g/mol. The van der Waals surface area contributed by atoms with E-state index in [0.717, 1.165) is 22.4 Å². The molecule has 1 heterocycles. The molecule has 162 valence electrons. The Balaban J connectivity index is 1.44. The molecule has 0 aliphatic rings. The third-order valence-corrected chi connectivity index (χ3v) is 5.08. The van der Waals surface area contributed by atoms with Gasteiger partial charge < -0.3 is 19.2 Å². The number of anilines is 1. The van der Waals surface area contributed by atoms with E-state index in [-0.39, 0.29) is 11.0 Å². The number of para-hydroxylation sites is 1. The van der Waals surface area contributed by atoms with Gasteiger partial charge >= 0.3 is 0 Å². The Hall–Kier alpha value is -3.91. The first-order valence-corrected chi connectivity index (χ1v) is 10.2. The number of aryl methyl sites for hydroxylation is 1. The molecule has 32 heavy (non-hydrogen) atoms. The first-order valence-electron chi connectivity index (χ1n) is 9.79. The van der Waals surface area contributed by atoms with Crippen molar-refractivity contribution in [1.82, 2.24) is 10.3 Å². The van der Waals surface area contributed by atoms with Gasteiger partial charge in [-0.15, -0.1) is 0 Å². The normalized spacial score (nSPS) is 10.6. The largest absolute Gasteiger partial charge is 0.497 e. The van der Waals surface area contributed by atoms with E-state index in [0.29, 0.717) is 28.5 Å². The molecule has 4 aromatic rings. The Kier molecular flexibility index (Phi) is 6.04. The van der Waals surface area contributed by atoms with Crippen LogP contribution in [0.15, 0.2) is 65.1 Å². The van der Waals surface area contributed by atoms with E-state index < -0.39 is 0 Å². The molecule has 0 saturated carbocycles. The number of oxazole rings is 1. The summed E-state index contributed by atoms with van der Waals surface area (Å²) in [5, 5.41) is 5.87. The monoisotopic (exact) mass is 447 g/mol. The Labute approximate surface area is 190 Å². The molecule has 1 amide bonds. The second-order valence-electron chi connectivity index (χ2n) is 6.99. The summed E-state index contributed by atoms with van der Waals surface area (Å²) in [5.41, 5.74) is 4.21. The smallest absolute Gasteiger partial charge is 0.261 e. The number of ether oxygens (including phenoxy) is 2. The Bertz CT molecular complexity index is 1300. The maximum atomic E-state index is 12.6. The van der Waals surface area contributed by atoms with E-state index in [1.165, 1.54) is 7.11 Å². The highest BCUT2D eigenvalue weighted by atomic mass is 32.1. The highest BCUT2D eigenvalue weighted by molar-refractivity contribution is 7.80. The zero-order valence-corrected chi connectivity index (χ0v) is 18.6. The van der Waals surface area contributed by atoms with E-state index >= 15 is 0 Å². The Morgan fingerprint density at radius 1 is 1.03 bits per heavy atom. The number of aromatic nitrogens is 1. The van der Waals surface area contributed by atoms with Gasteiger partial charge in [-0.1, -0.05) is 12.1 Å². The zero-order chi connectivity index (χ0) is 22.7. The molecule has 0 fully saturated rings. The first-order chi connectivity index (χ1) is 15.5. The van der Waals surface area contributed by atoms with Gasteiger partial charge in [-0.25, -0.2) is 4.98 Å². The van der Waals surface area contributed by atoms with Crippen molar-refractivity contribution >= 4 is 40.0 Å². The molecule has 0 saturated heterocycles. The van der Waals surface area contributed by atoms with E-state index in [4.69, 9.17) is 26.1 Å². The predicted molar refractivity (Wildman–Crippen MR) is 127 cm³/mol. The van der Waals surface area contributed by atoms with Crippen LogP contribution < -0.4 is 20.1 Å². The fourth-order valence-corrected chi connectivity index (χ4v) is 3.50. The number of methoxy groups -OCH3 is 2. The predicted octanol–water partition coefficient (Wildman–Crippen LogP) is 4.95. The molecular formula is C24H21N3O4S. The van der Waals surface area contributed by atoms with E-state index in [9.17, 15) is 4.79 Å². The van der Waals surface area contributed by atoms with E-state index in [1.807, 2.05) is 55.5 Å². The maximum Gasteiger partial charge on any atom is 0.261 e. The number of carbonyl (C=O) groups is 1. The lowest BCUT2D eigenvalue weighted by atomic mass is 10.1. The molecule has 0 spiro atoms. The molecule has 0 radical (unpaired) electrons. The Morgan fingerprint density at radius 3 is 2.53 bits per heavy atom. The summed E-state index contributed by atoms with van der Waals surface area (Å²) in [5.74, 6) is 1.40. The van der Waals surface area contributed by atoms with Crippen LogP contribution in [0.1, 0.15) is 15.9 Å². The second-order valence-corrected chi connectivity index (χ2v) is 7.40. The summed E-state index contributed by atoms with van der Waals surface area (Å²) in [6.45, 7) is 1.88. The minimum Gasteiger partial charge on any atom is -0.497 e. The van der Waals surface area contributed by atoms with Crippen molar-refractivity contribution in [1.29, 1.82) is 0 Å². The number of fused-ring (bicyclic) bond motifs is 1. The number of amides is 1. The molecule has 4 rings (SSSR count). The fraction of sp³-hybridized carbons (Fsp3) is 0.125. The third kappa shape index (κ3) is 4.40. The van der Waals surface area contributed by atoms with Crippen molar-refractivity contribution in [3.05, 3.63) is 71.8 Å². The number of hydrogen-bond donors (Lipinski definition) is 2. The van der Waals surface area contributed by atoms with Crippen LogP contribution in [0.2, 0.25) is 0 Å². The number of rotatable bonds is 5. The lowest BCUT2D eigenvalue weighted by Crippen LogP contribution is -2.34. The number of thiocarbonyl (C=S) groups is 1. The van der Waals surface area contributed by atoms with Crippen LogP contribution in [0.3, 0.4) is 0 Å². The van der Waals surface area contributed by atoms with Gasteiger partial charge in [-0.3, -0.25) is 10.1 Å². The van der Waals surface area contributed by atoms with Gasteiger partial charge in [-0.2, -0.15) is 0 Å². The maximum absolute atomic E-state index is 12.6. The lowest BCUT2D eigenvalue weighted by molar-refractivity contribution is 0.0974. The fourth-order valence-electron chi connectivity index (χ4n) is 3.29. The van der Waals surface area contributed by atoms with Crippen LogP contribution in [0.25, 0.3) is 22.6 Å². The molecule has 0 aliphatic heterocycles. The summed E-state index contributed by atoms with van der Waals surface area (Å²) in [4.78, 5) is 17.1. The minimum atomic E-state index is -0.346. The van der Waals surface area contributed by atoms with Crippen molar-refractivity contribution < 1.29 is 18.7 Å². The number of hydrogen-bond acceptors (Lipinski definition) is 6. The molecule has 8 heteroatoms. The average Bonchev–Trinajstić information content (AvgIpc) is 3.22. The van der Waals surface area contributed by atoms with Gasteiger partial charge in [0.1, 0.15) is 17.0 Å². The summed E-state index contributed by atoms with van der Waals surface area (Å²) >= 11 is 5.29. The molecule has 1 aromatic heterocycles. The van der Waals surface area contributed by atoms with Crippen LogP contribution in [0.5, 0.6) is 11.5 Å². The zero-order valence-electron chi connectivity index (χ0n) is 17.8. The van der Waals surface area contributed by atoms with Crippen molar-refractivity contribution in [2.75, 3.05) is 19.5 Å². The van der Waals surface area contributed by atoms with Crippen LogP contribution >= 0.6 is 12.2 Å². The van der Waals surface area contributed by atoms with Gasteiger partial charge in [0.2, 0.25) is 5.89 Å². The van der Waals surface area contributed by atoms with Crippen molar-refractivity contribution in [2.24, 2.45) is 0 Å². The van der Waals surface area contributed by atoms with Crippen molar-refractivity contribution in [3.8, 4) is 23.0 Å². The van der Waals surface area contributed by atoms with Crippen LogP contribution in [0, 0.1) is 6.92 Å². The van der Waals surface area contributed by atoms with Crippen LogP contribution in [-0.4, -0.2) is 30.2 Å². The molecular weight excluding hydrogens is 426 g/mol. The molecule has 0 aliphatic carbocycles. The number of nitrogens with zero attached hydrogens (tertiary/aromatic N) is 1. The summed E-state index contributed by atoms with van der Waals surface area (Å²) in [6.07, 6.45) is 0. The number of carbonyl (C=O) groups excluding carboxylic acids is 1. The molecule has 0 atom stereocenters. The quantitative estimate of drug-likeness (QED) is 0.419. The van der Waals surface area contributed by atoms with Crippen LogP contribution in [0.4, 0.5) is 5.69 Å². The number of nitrogens with one attached hydrogen (secondary N) is 2. The molecule has 3 aromatic carbocycles. The summed E-state index contributed by atoms with van der Waals surface area (Å²) in [6, 6.07) is 18.2. The molecule has 0 unspecified atom stereocenters. The van der Waals surface area contributed by atoms with E-state index in [1.54, 1.807) is 19.2 Å². The highest BCUT2D eigenvalue weighted by Crippen LogP contribution is 2.28. The topological polar surface area (TPSA) is 85.6 Å². The Morgan fingerprint density at radius 2 is 1.81 bits per heavy atom. The minimum absolute atomic E-state index is 0.181. The van der Waals surface area contributed by atoms with Gasteiger partial charge in [0.25, 0.3) is 5.91 Å². The van der Waals surface area contributed by atoms with Gasteiger partial charge in [0, 0.05) is 17.3 Å². The molecule has 2 N–H and O–H groups in total. The van der Waals surface area contributed by atoms with Gasteiger partial charge in [0.15, 0.2) is 10.7 Å². The highest BCUT2D eigenvalue weighted by Gasteiger charge is 2.15. The van der Waals surface area contributed by atoms with Crippen molar-refractivity contribution in [2.45, 2.75) is 6.92 Å². The summed E-state index contributed by atoms with van der Waals surface area (Å²) in [7, 11) is 3.14. The summed E-state index contributed by atoms with van der Waals surface area (Å²) < 4.78 is 16.4. The lowest BCUT2D eigenvalue weighted by Gasteiger charge is -2.13. The second kappa shape index (κ2) is 9.07. The SMILES string of the molecule is COc1ccc2oc(-c3ccc(NC(=S)NC(=O)c4cccc(C)c4OC)cc3)nc2c1. The van der Waals surface area contributed by atoms with Gasteiger partial charge in [0.05, 0.1) is 19.8 Å². The molecule has 0 bridgehead atoms. The first kappa shape index (κ1) is 21.3. The third-order valence-electron chi connectivity index (χ3n) is 4.87. The van der Waals surface area contributed by atoms with Gasteiger partial charge in [-0.05, 0) is 67.2 Å². The molecule has 7 nitrogen and oxygen atoms in total. The standard InChI is InChI=1S/C24H21N3O4S/c1-14-5-4-6-18(21(14)30-3)22(28)27-24(32)25-16-9-7-15(8-10-16)23-26-19-13-17(29-2)11-12-20(19)31-23/h4-13H,1-3H3,(H2,25,27,28,32).